The van der Waals surface area contributed by atoms with Gasteiger partial charge >= 0.3 is 0 Å². The Hall–Kier alpha value is -1.35. The minimum absolute atomic E-state index is 0.0594. The van der Waals surface area contributed by atoms with Crippen LogP contribution < -0.4 is 10.6 Å². The lowest BCUT2D eigenvalue weighted by molar-refractivity contribution is -0.120. The first-order chi connectivity index (χ1) is 8.50. The van der Waals surface area contributed by atoms with E-state index in [1.165, 1.54) is 11.1 Å². The van der Waals surface area contributed by atoms with E-state index in [4.69, 9.17) is 0 Å². The van der Waals surface area contributed by atoms with Gasteiger partial charge in [-0.1, -0.05) is 38.1 Å². The SMILES string of the molecule is Cc1ccccc1[C@H](C)NCC(=O)NCC(C)C. The first-order valence-electron chi connectivity index (χ1n) is 6.56. The summed E-state index contributed by atoms with van der Waals surface area (Å²) in [4.78, 5) is 11.6. The van der Waals surface area contributed by atoms with Crippen molar-refractivity contribution in [2.75, 3.05) is 13.1 Å². The summed E-state index contributed by atoms with van der Waals surface area (Å²) in [5, 5.41) is 6.15. The van der Waals surface area contributed by atoms with Gasteiger partial charge in [-0.15, -0.1) is 0 Å². The van der Waals surface area contributed by atoms with Gasteiger partial charge in [0.25, 0.3) is 0 Å². The molecule has 0 spiro atoms. The second-order valence-corrected chi connectivity index (χ2v) is 5.16. The van der Waals surface area contributed by atoms with Crippen molar-refractivity contribution in [3.05, 3.63) is 35.4 Å². The lowest BCUT2D eigenvalue weighted by Crippen LogP contribution is -2.36. The van der Waals surface area contributed by atoms with Crippen LogP contribution in [0.1, 0.15) is 37.9 Å². The van der Waals surface area contributed by atoms with Crippen molar-refractivity contribution in [3.8, 4) is 0 Å². The van der Waals surface area contributed by atoms with Crippen LogP contribution in [-0.2, 0) is 4.79 Å². The van der Waals surface area contributed by atoms with Gasteiger partial charge in [-0.05, 0) is 30.9 Å². The van der Waals surface area contributed by atoms with E-state index in [0.29, 0.717) is 12.5 Å². The number of hydrogen-bond acceptors (Lipinski definition) is 2. The fraction of sp³-hybridized carbons (Fsp3) is 0.533. The van der Waals surface area contributed by atoms with Gasteiger partial charge in [0.2, 0.25) is 5.91 Å². The number of benzene rings is 1. The first kappa shape index (κ1) is 14.7. The molecule has 3 heteroatoms. The zero-order chi connectivity index (χ0) is 13.5. The number of carbonyl (C=O) groups is 1. The van der Waals surface area contributed by atoms with E-state index in [9.17, 15) is 4.79 Å². The van der Waals surface area contributed by atoms with E-state index in [1.807, 2.05) is 12.1 Å². The fourth-order valence-electron chi connectivity index (χ4n) is 1.81. The summed E-state index contributed by atoms with van der Waals surface area (Å²) < 4.78 is 0. The van der Waals surface area contributed by atoms with Crippen molar-refractivity contribution < 1.29 is 4.79 Å². The van der Waals surface area contributed by atoms with Crippen LogP contribution >= 0.6 is 0 Å². The monoisotopic (exact) mass is 248 g/mol. The third-order valence-corrected chi connectivity index (χ3v) is 2.93. The second kappa shape index (κ2) is 7.17. The standard InChI is InChI=1S/C15H24N2O/c1-11(2)9-17-15(18)10-16-13(4)14-8-6-5-7-12(14)3/h5-8,11,13,16H,9-10H2,1-4H3,(H,17,18)/t13-/m0/s1. The van der Waals surface area contributed by atoms with E-state index in [1.54, 1.807) is 0 Å². The maximum atomic E-state index is 11.6. The minimum Gasteiger partial charge on any atom is -0.355 e. The topological polar surface area (TPSA) is 41.1 Å². The molecule has 0 unspecified atom stereocenters. The molecule has 0 aliphatic rings. The highest BCUT2D eigenvalue weighted by molar-refractivity contribution is 5.78. The van der Waals surface area contributed by atoms with E-state index in [2.05, 4.69) is 50.5 Å². The predicted molar refractivity (Wildman–Crippen MR) is 75.4 cm³/mol. The van der Waals surface area contributed by atoms with Crippen molar-refractivity contribution in [2.24, 2.45) is 5.92 Å². The molecule has 1 aromatic carbocycles. The number of amides is 1. The third kappa shape index (κ3) is 4.88. The second-order valence-electron chi connectivity index (χ2n) is 5.16. The van der Waals surface area contributed by atoms with Crippen LogP contribution in [0.5, 0.6) is 0 Å². The molecule has 1 aromatic rings. The Kier molecular flexibility index (Phi) is 5.86. The van der Waals surface area contributed by atoms with E-state index in [-0.39, 0.29) is 11.9 Å². The smallest absolute Gasteiger partial charge is 0.233 e. The third-order valence-electron chi connectivity index (χ3n) is 2.93. The number of nitrogens with one attached hydrogen (secondary N) is 2. The molecule has 0 heterocycles. The molecule has 0 saturated heterocycles. The molecule has 1 atom stereocenters. The summed E-state index contributed by atoms with van der Waals surface area (Å²) in [6.07, 6.45) is 0. The average molecular weight is 248 g/mol. The molecule has 0 saturated carbocycles. The fourth-order valence-corrected chi connectivity index (χ4v) is 1.81. The van der Waals surface area contributed by atoms with Crippen molar-refractivity contribution in [1.82, 2.24) is 10.6 Å². The van der Waals surface area contributed by atoms with E-state index < -0.39 is 0 Å². The zero-order valence-corrected chi connectivity index (χ0v) is 11.8. The van der Waals surface area contributed by atoms with E-state index in [0.717, 1.165) is 6.54 Å². The Labute approximate surface area is 110 Å². The van der Waals surface area contributed by atoms with Gasteiger partial charge < -0.3 is 10.6 Å². The van der Waals surface area contributed by atoms with Gasteiger partial charge in [0.15, 0.2) is 0 Å². The Morgan fingerprint density at radius 3 is 2.50 bits per heavy atom. The van der Waals surface area contributed by atoms with Crippen LogP contribution in [0.2, 0.25) is 0 Å². The Morgan fingerprint density at radius 2 is 1.89 bits per heavy atom. The first-order valence-corrected chi connectivity index (χ1v) is 6.56. The summed E-state index contributed by atoms with van der Waals surface area (Å²) in [7, 11) is 0. The molecule has 18 heavy (non-hydrogen) atoms. The number of carbonyl (C=O) groups excluding carboxylic acids is 1. The largest absolute Gasteiger partial charge is 0.355 e. The highest BCUT2D eigenvalue weighted by Gasteiger charge is 2.09. The number of rotatable bonds is 6. The molecule has 1 amide bonds. The normalized spacial score (nSPS) is 12.5. The lowest BCUT2D eigenvalue weighted by atomic mass is 10.0. The van der Waals surface area contributed by atoms with Gasteiger partial charge in [-0.2, -0.15) is 0 Å². The minimum atomic E-state index is 0.0594. The summed E-state index contributed by atoms with van der Waals surface area (Å²) >= 11 is 0. The van der Waals surface area contributed by atoms with Gasteiger partial charge in [0.05, 0.1) is 6.54 Å². The van der Waals surface area contributed by atoms with Crippen molar-refractivity contribution in [3.63, 3.8) is 0 Å². The molecular weight excluding hydrogens is 224 g/mol. The van der Waals surface area contributed by atoms with Crippen LogP contribution in [0, 0.1) is 12.8 Å². The molecule has 0 aromatic heterocycles. The van der Waals surface area contributed by atoms with Crippen LogP contribution in [0.3, 0.4) is 0 Å². The molecule has 1 rings (SSSR count). The summed E-state index contributed by atoms with van der Waals surface area (Å²) in [5.41, 5.74) is 2.49. The molecule has 100 valence electrons. The van der Waals surface area contributed by atoms with Gasteiger partial charge in [0.1, 0.15) is 0 Å². The zero-order valence-electron chi connectivity index (χ0n) is 11.8. The Morgan fingerprint density at radius 1 is 1.22 bits per heavy atom. The van der Waals surface area contributed by atoms with Gasteiger partial charge in [0, 0.05) is 12.6 Å². The molecule has 3 nitrogen and oxygen atoms in total. The quantitative estimate of drug-likeness (QED) is 0.811. The van der Waals surface area contributed by atoms with Crippen LogP contribution in [-0.4, -0.2) is 19.0 Å². The number of aryl methyl sites for hydroxylation is 1. The molecule has 0 fully saturated rings. The van der Waals surface area contributed by atoms with Crippen molar-refractivity contribution in [1.29, 1.82) is 0 Å². The van der Waals surface area contributed by atoms with Crippen molar-refractivity contribution in [2.45, 2.75) is 33.7 Å². The summed E-state index contributed by atoms with van der Waals surface area (Å²) in [6.45, 7) is 9.44. The summed E-state index contributed by atoms with van der Waals surface area (Å²) in [6, 6.07) is 8.43. The van der Waals surface area contributed by atoms with Crippen LogP contribution in [0.15, 0.2) is 24.3 Å². The van der Waals surface area contributed by atoms with Crippen LogP contribution in [0.4, 0.5) is 0 Å². The molecule has 0 aliphatic carbocycles. The molecule has 0 radical (unpaired) electrons. The lowest BCUT2D eigenvalue weighted by Gasteiger charge is -2.16. The Bertz CT molecular complexity index is 388. The highest BCUT2D eigenvalue weighted by atomic mass is 16.1. The molecule has 0 aliphatic heterocycles. The Balaban J connectivity index is 2.39. The summed E-state index contributed by atoms with van der Waals surface area (Å²) in [5.74, 6) is 0.548. The predicted octanol–water partition coefficient (Wildman–Crippen LogP) is 2.42. The van der Waals surface area contributed by atoms with Crippen molar-refractivity contribution >= 4 is 5.91 Å². The molecule has 0 bridgehead atoms. The van der Waals surface area contributed by atoms with Crippen LogP contribution in [0.25, 0.3) is 0 Å². The van der Waals surface area contributed by atoms with Gasteiger partial charge in [-0.25, -0.2) is 0 Å². The maximum absolute atomic E-state index is 11.6. The highest BCUT2D eigenvalue weighted by Crippen LogP contribution is 2.15. The van der Waals surface area contributed by atoms with Gasteiger partial charge in [-0.3, -0.25) is 4.79 Å². The maximum Gasteiger partial charge on any atom is 0.233 e. The average Bonchev–Trinajstić information content (AvgIpc) is 2.34. The molecular formula is C15H24N2O. The molecule has 2 N–H and O–H groups in total. The number of hydrogen-bond donors (Lipinski definition) is 2. The van der Waals surface area contributed by atoms with E-state index >= 15 is 0 Å².